The summed E-state index contributed by atoms with van der Waals surface area (Å²) in [5, 5.41) is 18.6. The largest absolute Gasteiger partial charge is 0.481 e. The molecule has 2 aliphatic rings. The number of aliphatic carboxylic acids is 1. The molecule has 0 aromatic carbocycles. The summed E-state index contributed by atoms with van der Waals surface area (Å²) >= 11 is 0. The topological polar surface area (TPSA) is 57.5 Å². The van der Waals surface area contributed by atoms with E-state index in [1.807, 2.05) is 0 Å². The zero-order chi connectivity index (χ0) is 10.3. The molecule has 2 fully saturated rings. The molecule has 4 unspecified atom stereocenters. The van der Waals surface area contributed by atoms with E-state index in [0.29, 0.717) is 11.8 Å². The smallest absolute Gasteiger partial charge is 0.310 e. The number of fused-ring (bicyclic) bond motifs is 2. The van der Waals surface area contributed by atoms with Crippen LogP contribution in [0.2, 0.25) is 0 Å². The summed E-state index contributed by atoms with van der Waals surface area (Å²) in [6, 6.07) is 0. The zero-order valence-electron chi connectivity index (χ0n) is 8.31. The molecule has 0 aromatic rings. The average molecular weight is 196 g/mol. The van der Waals surface area contributed by atoms with Gasteiger partial charge in [-0.25, -0.2) is 0 Å². The predicted molar refractivity (Wildman–Crippen MR) is 51.7 cm³/mol. The van der Waals surface area contributed by atoms with Crippen LogP contribution in [0.1, 0.15) is 26.2 Å². The van der Waals surface area contributed by atoms with Crippen molar-refractivity contribution < 1.29 is 15.0 Å². The number of carboxylic acids is 1. The molecule has 0 saturated heterocycles. The quantitative estimate of drug-likeness (QED) is 0.657. The van der Waals surface area contributed by atoms with Crippen molar-refractivity contribution in [3.8, 4) is 0 Å². The first-order valence-corrected chi connectivity index (χ1v) is 5.22. The second kappa shape index (κ2) is 3.39. The summed E-state index contributed by atoms with van der Waals surface area (Å²) in [4.78, 5) is 10.7. The molecule has 2 rings (SSSR count). The fraction of sp³-hybridized carbons (Fsp3) is 0.727. The van der Waals surface area contributed by atoms with E-state index in [2.05, 4.69) is 0 Å². The van der Waals surface area contributed by atoms with Crippen LogP contribution in [0, 0.1) is 17.8 Å². The summed E-state index contributed by atoms with van der Waals surface area (Å²) in [6.45, 7) is 1.66. The summed E-state index contributed by atoms with van der Waals surface area (Å²) in [6.07, 6.45) is 4.66. The van der Waals surface area contributed by atoms with Gasteiger partial charge < -0.3 is 10.2 Å². The molecule has 0 aromatic heterocycles. The maximum Gasteiger partial charge on any atom is 0.310 e. The van der Waals surface area contributed by atoms with E-state index < -0.39 is 11.9 Å². The lowest BCUT2D eigenvalue weighted by Gasteiger charge is -2.20. The molecule has 78 valence electrons. The molecular weight excluding hydrogens is 180 g/mol. The van der Waals surface area contributed by atoms with Crippen molar-refractivity contribution in [2.24, 2.45) is 17.8 Å². The van der Waals surface area contributed by atoms with E-state index in [1.54, 1.807) is 13.0 Å². The Morgan fingerprint density at radius 3 is 2.79 bits per heavy atom. The molecule has 3 heteroatoms. The van der Waals surface area contributed by atoms with Crippen molar-refractivity contribution in [3.63, 3.8) is 0 Å². The summed E-state index contributed by atoms with van der Waals surface area (Å²) in [5.74, 6) is -0.435. The molecule has 3 nitrogen and oxygen atoms in total. The summed E-state index contributed by atoms with van der Waals surface area (Å²) < 4.78 is 0. The van der Waals surface area contributed by atoms with Crippen LogP contribution >= 0.6 is 0 Å². The van der Waals surface area contributed by atoms with Crippen LogP contribution in [0.4, 0.5) is 0 Å². The summed E-state index contributed by atoms with van der Waals surface area (Å²) in [5.41, 5.74) is 0.983. The molecule has 2 N–H and O–H groups in total. The first-order valence-electron chi connectivity index (χ1n) is 5.22. The molecule has 2 bridgehead atoms. The molecule has 14 heavy (non-hydrogen) atoms. The molecule has 0 radical (unpaired) electrons. The molecule has 0 aliphatic heterocycles. The van der Waals surface area contributed by atoms with Gasteiger partial charge in [-0.1, -0.05) is 6.08 Å². The molecule has 0 amide bonds. The third kappa shape index (κ3) is 1.46. The fourth-order valence-corrected chi connectivity index (χ4v) is 2.71. The maximum atomic E-state index is 10.7. The minimum absolute atomic E-state index is 0.365. The van der Waals surface area contributed by atoms with Crippen LogP contribution in [0.5, 0.6) is 0 Å². The van der Waals surface area contributed by atoms with Crippen molar-refractivity contribution in [1.29, 1.82) is 0 Å². The fourth-order valence-electron chi connectivity index (χ4n) is 2.71. The van der Waals surface area contributed by atoms with Crippen molar-refractivity contribution in [2.45, 2.75) is 32.3 Å². The number of aliphatic hydroxyl groups excluding tert-OH is 1. The highest BCUT2D eigenvalue weighted by Crippen LogP contribution is 2.48. The third-order valence-corrected chi connectivity index (χ3v) is 3.56. The van der Waals surface area contributed by atoms with Gasteiger partial charge in [0.1, 0.15) is 0 Å². The van der Waals surface area contributed by atoms with Crippen LogP contribution in [0.3, 0.4) is 0 Å². The van der Waals surface area contributed by atoms with Crippen LogP contribution in [-0.4, -0.2) is 22.3 Å². The number of rotatable bonds is 2. The number of carbonyl (C=O) groups is 1. The highest BCUT2D eigenvalue weighted by molar-refractivity contribution is 5.71. The first kappa shape index (κ1) is 9.71. The van der Waals surface area contributed by atoms with Crippen LogP contribution in [-0.2, 0) is 4.79 Å². The van der Waals surface area contributed by atoms with Crippen molar-refractivity contribution in [3.05, 3.63) is 11.6 Å². The van der Waals surface area contributed by atoms with Gasteiger partial charge >= 0.3 is 5.97 Å². The van der Waals surface area contributed by atoms with Gasteiger partial charge in [-0.05, 0) is 43.6 Å². The Hall–Kier alpha value is -0.830. The Morgan fingerprint density at radius 2 is 2.29 bits per heavy atom. The Kier molecular flexibility index (Phi) is 2.35. The van der Waals surface area contributed by atoms with E-state index in [9.17, 15) is 9.90 Å². The molecule has 0 spiro atoms. The molecule has 4 atom stereocenters. The Balaban J connectivity index is 2.15. The van der Waals surface area contributed by atoms with Gasteiger partial charge in [0, 0.05) is 0 Å². The lowest BCUT2D eigenvalue weighted by Crippen LogP contribution is -2.20. The van der Waals surface area contributed by atoms with Gasteiger partial charge in [0.15, 0.2) is 0 Å². The first-order chi connectivity index (χ1) is 6.59. The maximum absolute atomic E-state index is 10.7. The van der Waals surface area contributed by atoms with Crippen LogP contribution in [0.15, 0.2) is 11.6 Å². The monoisotopic (exact) mass is 196 g/mol. The van der Waals surface area contributed by atoms with E-state index in [4.69, 9.17) is 5.11 Å². The van der Waals surface area contributed by atoms with Gasteiger partial charge in [0.2, 0.25) is 0 Å². The Labute approximate surface area is 83.4 Å². The van der Waals surface area contributed by atoms with E-state index in [1.165, 1.54) is 0 Å². The van der Waals surface area contributed by atoms with Gasteiger partial charge in [-0.2, -0.15) is 0 Å². The molecular formula is C11H16O3. The predicted octanol–water partition coefficient (Wildman–Crippen LogP) is 1.42. The highest BCUT2D eigenvalue weighted by atomic mass is 16.4. The average Bonchev–Trinajstić information content (AvgIpc) is 2.69. The van der Waals surface area contributed by atoms with Crippen molar-refractivity contribution >= 4 is 5.97 Å². The van der Waals surface area contributed by atoms with Gasteiger partial charge in [0.05, 0.1) is 12.0 Å². The van der Waals surface area contributed by atoms with E-state index >= 15 is 0 Å². The molecule has 0 heterocycles. The zero-order valence-corrected chi connectivity index (χ0v) is 8.31. The Bertz CT molecular complexity index is 278. The SMILES string of the molecule is CC(/C=C1\C2CCC(C2)C1O)C(=O)O. The second-order valence-corrected chi connectivity index (χ2v) is 4.51. The Morgan fingerprint density at radius 1 is 1.57 bits per heavy atom. The standard InChI is InChI=1S/C11H16O3/c1-6(11(13)14)4-9-7-2-3-8(5-7)10(9)12/h4,6-8,10,12H,2-3,5H2,1H3,(H,13,14)/b9-4+. The van der Waals surface area contributed by atoms with Crippen molar-refractivity contribution in [2.75, 3.05) is 0 Å². The molecule has 2 aliphatic carbocycles. The minimum Gasteiger partial charge on any atom is -0.481 e. The number of hydrogen-bond donors (Lipinski definition) is 2. The van der Waals surface area contributed by atoms with E-state index in [-0.39, 0.29) is 6.10 Å². The highest BCUT2D eigenvalue weighted by Gasteiger charge is 2.42. The van der Waals surface area contributed by atoms with Crippen molar-refractivity contribution in [1.82, 2.24) is 0 Å². The normalized spacial score (nSPS) is 40.4. The lowest BCUT2D eigenvalue weighted by molar-refractivity contribution is -0.139. The lowest BCUT2D eigenvalue weighted by atomic mass is 9.90. The number of aliphatic hydroxyl groups is 1. The third-order valence-electron chi connectivity index (χ3n) is 3.56. The van der Waals surface area contributed by atoms with Crippen LogP contribution in [0.25, 0.3) is 0 Å². The molecule has 2 saturated carbocycles. The van der Waals surface area contributed by atoms with Gasteiger partial charge in [0.25, 0.3) is 0 Å². The van der Waals surface area contributed by atoms with Crippen LogP contribution < -0.4 is 0 Å². The minimum atomic E-state index is -0.813. The van der Waals surface area contributed by atoms with E-state index in [0.717, 1.165) is 24.8 Å². The second-order valence-electron chi connectivity index (χ2n) is 4.51. The number of hydrogen-bond acceptors (Lipinski definition) is 2. The summed E-state index contributed by atoms with van der Waals surface area (Å²) in [7, 11) is 0. The number of carboxylic acid groups (broad SMARTS) is 1. The van der Waals surface area contributed by atoms with Gasteiger partial charge in [-0.3, -0.25) is 4.79 Å². The van der Waals surface area contributed by atoms with Gasteiger partial charge in [-0.15, -0.1) is 0 Å².